The smallest absolute Gasteiger partial charge is 0.311 e. The zero-order valence-electron chi connectivity index (χ0n) is 12.1. The number of thiophene rings is 1. The molecule has 6 nitrogen and oxygen atoms in total. The molecule has 112 valence electrons. The van der Waals surface area contributed by atoms with Gasteiger partial charge in [0.25, 0.3) is 0 Å². The average molecular weight is 306 g/mol. The van der Waals surface area contributed by atoms with Crippen molar-refractivity contribution in [3.05, 3.63) is 44.6 Å². The highest BCUT2D eigenvalue weighted by atomic mass is 32.1. The molecule has 0 aromatic carbocycles. The predicted molar refractivity (Wildman–Crippen MR) is 86.3 cm³/mol. The fourth-order valence-electron chi connectivity index (χ4n) is 1.98. The minimum absolute atomic E-state index is 0.0327. The molecular weight excluding hydrogens is 288 g/mol. The number of rotatable bonds is 7. The molecule has 2 aromatic heterocycles. The Hall–Kier alpha value is -2.15. The van der Waals surface area contributed by atoms with Gasteiger partial charge in [-0.1, -0.05) is 6.07 Å². The Morgan fingerprint density at radius 3 is 2.86 bits per heavy atom. The first kappa shape index (κ1) is 15.2. The molecule has 0 spiro atoms. The second-order valence-electron chi connectivity index (χ2n) is 4.58. The number of nitrogens with zero attached hydrogens (tertiary/aromatic N) is 3. The Kier molecular flexibility index (Phi) is 5.10. The van der Waals surface area contributed by atoms with Crippen molar-refractivity contribution in [3.63, 3.8) is 0 Å². The lowest BCUT2D eigenvalue weighted by atomic mass is 10.3. The molecule has 0 radical (unpaired) electrons. The summed E-state index contributed by atoms with van der Waals surface area (Å²) in [6.45, 7) is 3.37. The number of nitro groups is 1. The van der Waals surface area contributed by atoms with E-state index in [1.54, 1.807) is 17.4 Å². The van der Waals surface area contributed by atoms with Crippen molar-refractivity contribution in [2.45, 2.75) is 13.3 Å². The fourth-order valence-corrected chi connectivity index (χ4v) is 2.68. The van der Waals surface area contributed by atoms with E-state index in [0.717, 1.165) is 13.0 Å². The Balaban J connectivity index is 2.17. The van der Waals surface area contributed by atoms with Crippen molar-refractivity contribution in [3.8, 4) is 0 Å². The normalized spacial score (nSPS) is 10.4. The number of anilines is 2. The van der Waals surface area contributed by atoms with Gasteiger partial charge in [0.2, 0.25) is 5.82 Å². The van der Waals surface area contributed by atoms with Crippen LogP contribution in [-0.4, -0.2) is 30.0 Å². The first-order valence-electron chi connectivity index (χ1n) is 6.74. The molecule has 0 aliphatic carbocycles. The zero-order chi connectivity index (χ0) is 15.2. The zero-order valence-corrected chi connectivity index (χ0v) is 12.9. The third-order valence-electron chi connectivity index (χ3n) is 3.04. The van der Waals surface area contributed by atoms with Crippen LogP contribution in [0.5, 0.6) is 0 Å². The minimum atomic E-state index is -0.389. The summed E-state index contributed by atoms with van der Waals surface area (Å²) in [4.78, 5) is 18.2. The minimum Gasteiger partial charge on any atom is -0.370 e. The van der Waals surface area contributed by atoms with E-state index in [-0.39, 0.29) is 10.6 Å². The van der Waals surface area contributed by atoms with E-state index in [1.807, 2.05) is 30.3 Å². The second kappa shape index (κ2) is 7.03. The van der Waals surface area contributed by atoms with Gasteiger partial charge in [-0.25, -0.2) is 4.98 Å². The van der Waals surface area contributed by atoms with Crippen LogP contribution in [0.3, 0.4) is 0 Å². The Labute approximate surface area is 127 Å². The quantitative estimate of drug-likeness (QED) is 0.628. The van der Waals surface area contributed by atoms with Crippen molar-refractivity contribution >= 4 is 28.7 Å². The SMILES string of the molecule is CCNc1ccc([N+](=O)[O-])c(N(C)CCc2cccs2)n1. The van der Waals surface area contributed by atoms with Crippen molar-refractivity contribution in [1.29, 1.82) is 0 Å². The number of pyridine rings is 1. The van der Waals surface area contributed by atoms with E-state index in [4.69, 9.17) is 0 Å². The van der Waals surface area contributed by atoms with Crippen molar-refractivity contribution in [2.75, 3.05) is 30.4 Å². The van der Waals surface area contributed by atoms with Crippen LogP contribution in [-0.2, 0) is 6.42 Å². The summed E-state index contributed by atoms with van der Waals surface area (Å²) in [6.07, 6.45) is 0.846. The second-order valence-corrected chi connectivity index (χ2v) is 5.61. The van der Waals surface area contributed by atoms with Crippen molar-refractivity contribution in [1.82, 2.24) is 4.98 Å². The molecule has 0 aliphatic rings. The highest BCUT2D eigenvalue weighted by Crippen LogP contribution is 2.27. The fraction of sp³-hybridized carbons (Fsp3) is 0.357. The molecule has 0 saturated carbocycles. The molecule has 2 rings (SSSR count). The van der Waals surface area contributed by atoms with Gasteiger partial charge >= 0.3 is 5.69 Å². The van der Waals surface area contributed by atoms with Crippen molar-refractivity contribution < 1.29 is 4.92 Å². The Morgan fingerprint density at radius 1 is 1.43 bits per heavy atom. The van der Waals surface area contributed by atoms with Crippen LogP contribution in [0.2, 0.25) is 0 Å². The van der Waals surface area contributed by atoms with Gasteiger partial charge in [-0.2, -0.15) is 0 Å². The lowest BCUT2D eigenvalue weighted by Crippen LogP contribution is -2.22. The van der Waals surface area contributed by atoms with Crippen LogP contribution in [0.25, 0.3) is 0 Å². The van der Waals surface area contributed by atoms with Crippen LogP contribution >= 0.6 is 11.3 Å². The summed E-state index contributed by atoms with van der Waals surface area (Å²) < 4.78 is 0. The van der Waals surface area contributed by atoms with E-state index in [9.17, 15) is 10.1 Å². The number of likely N-dealkylation sites (N-methyl/N-ethyl adjacent to an activating group) is 1. The molecule has 2 heterocycles. The van der Waals surface area contributed by atoms with Gasteiger partial charge in [-0.05, 0) is 30.9 Å². The summed E-state index contributed by atoms with van der Waals surface area (Å²) in [5.74, 6) is 1.05. The van der Waals surface area contributed by atoms with Gasteiger partial charge in [0.1, 0.15) is 5.82 Å². The highest BCUT2D eigenvalue weighted by Gasteiger charge is 2.19. The maximum Gasteiger partial charge on any atom is 0.311 e. The Bertz CT molecular complexity index is 601. The summed E-state index contributed by atoms with van der Waals surface area (Å²) >= 11 is 1.69. The molecule has 0 amide bonds. The van der Waals surface area contributed by atoms with Gasteiger partial charge in [0.15, 0.2) is 0 Å². The molecule has 0 bridgehead atoms. The maximum atomic E-state index is 11.1. The highest BCUT2D eigenvalue weighted by molar-refractivity contribution is 7.09. The standard InChI is InChI=1S/C14H18N4O2S/c1-3-15-13-7-6-12(18(19)20)14(16-13)17(2)9-8-11-5-4-10-21-11/h4-7,10H,3,8-9H2,1-2H3,(H,15,16). The average Bonchev–Trinajstić information content (AvgIpc) is 2.98. The molecule has 21 heavy (non-hydrogen) atoms. The number of hydrogen-bond acceptors (Lipinski definition) is 6. The lowest BCUT2D eigenvalue weighted by molar-refractivity contribution is -0.384. The molecule has 7 heteroatoms. The van der Waals surface area contributed by atoms with Crippen LogP contribution in [0.15, 0.2) is 29.6 Å². The molecule has 2 aromatic rings. The predicted octanol–water partition coefficient (Wildman–Crippen LogP) is 3.16. The summed E-state index contributed by atoms with van der Waals surface area (Å²) in [7, 11) is 1.83. The van der Waals surface area contributed by atoms with Gasteiger partial charge in [-0.15, -0.1) is 11.3 Å². The number of nitrogens with one attached hydrogen (secondary N) is 1. The van der Waals surface area contributed by atoms with Gasteiger partial charge in [-0.3, -0.25) is 10.1 Å². The van der Waals surface area contributed by atoms with E-state index >= 15 is 0 Å². The van der Waals surface area contributed by atoms with E-state index in [1.165, 1.54) is 10.9 Å². The summed E-state index contributed by atoms with van der Waals surface area (Å²) in [6, 6.07) is 7.21. The molecule has 0 aliphatic heterocycles. The molecule has 0 fully saturated rings. The topological polar surface area (TPSA) is 71.3 Å². The van der Waals surface area contributed by atoms with Crippen LogP contribution < -0.4 is 10.2 Å². The molecule has 0 atom stereocenters. The molecule has 0 saturated heterocycles. The third kappa shape index (κ3) is 3.91. The van der Waals surface area contributed by atoms with E-state index in [0.29, 0.717) is 18.2 Å². The largest absolute Gasteiger partial charge is 0.370 e. The van der Waals surface area contributed by atoms with Gasteiger partial charge in [0, 0.05) is 31.1 Å². The van der Waals surface area contributed by atoms with Gasteiger partial charge in [0.05, 0.1) is 4.92 Å². The van der Waals surface area contributed by atoms with Crippen molar-refractivity contribution in [2.24, 2.45) is 0 Å². The Morgan fingerprint density at radius 2 is 2.24 bits per heavy atom. The third-order valence-corrected chi connectivity index (χ3v) is 3.98. The first-order chi connectivity index (χ1) is 10.1. The van der Waals surface area contributed by atoms with Crippen LogP contribution in [0.1, 0.15) is 11.8 Å². The van der Waals surface area contributed by atoms with E-state index < -0.39 is 0 Å². The van der Waals surface area contributed by atoms with Crippen LogP contribution in [0, 0.1) is 10.1 Å². The summed E-state index contributed by atoms with van der Waals surface area (Å²) in [5, 5.41) is 16.3. The number of hydrogen-bond donors (Lipinski definition) is 1. The molecule has 1 N–H and O–H groups in total. The van der Waals surface area contributed by atoms with E-state index in [2.05, 4.69) is 16.4 Å². The van der Waals surface area contributed by atoms with Gasteiger partial charge < -0.3 is 10.2 Å². The number of aromatic nitrogens is 1. The summed E-state index contributed by atoms with van der Waals surface area (Å²) in [5.41, 5.74) is 0.0327. The lowest BCUT2D eigenvalue weighted by Gasteiger charge is -2.18. The first-order valence-corrected chi connectivity index (χ1v) is 7.62. The molecule has 0 unspecified atom stereocenters. The monoisotopic (exact) mass is 306 g/mol. The van der Waals surface area contributed by atoms with Crippen LogP contribution in [0.4, 0.5) is 17.3 Å². The molecular formula is C14H18N4O2S. The maximum absolute atomic E-state index is 11.1.